The molecule has 0 spiro atoms. The molecule has 172 valence electrons. The zero-order chi connectivity index (χ0) is 23.7. The lowest BCUT2D eigenvalue weighted by molar-refractivity contribution is -0.115. The number of rotatable bonds is 6. The van der Waals surface area contributed by atoms with Gasteiger partial charge in [-0.3, -0.25) is 9.36 Å². The van der Waals surface area contributed by atoms with E-state index >= 15 is 0 Å². The molecule has 0 bridgehead atoms. The molecule has 10 heteroatoms. The molecule has 4 aromatic rings. The van der Waals surface area contributed by atoms with Crippen molar-refractivity contribution in [3.8, 4) is 28.6 Å². The number of carbonyl (C=O) groups is 1. The number of aromatic nitrogens is 3. The van der Waals surface area contributed by atoms with Crippen molar-refractivity contribution >= 4 is 23.4 Å². The first-order chi connectivity index (χ1) is 16.5. The number of ether oxygens (including phenoxy) is 2. The Morgan fingerprint density at radius 3 is 2.59 bits per heavy atom. The molecule has 1 N–H and O–H groups in total. The van der Waals surface area contributed by atoms with E-state index in [2.05, 4.69) is 15.5 Å². The molecule has 0 aliphatic carbocycles. The largest absolute Gasteiger partial charge is 0.454 e. The third-order valence-corrected chi connectivity index (χ3v) is 6.16. The van der Waals surface area contributed by atoms with Crippen LogP contribution in [0.15, 0.2) is 71.9 Å². The van der Waals surface area contributed by atoms with Gasteiger partial charge in [0.25, 0.3) is 0 Å². The summed E-state index contributed by atoms with van der Waals surface area (Å²) in [5.41, 5.74) is 1.75. The smallest absolute Gasteiger partial charge is 0.237 e. The number of nitrogens with zero attached hydrogens (tertiary/aromatic N) is 3. The van der Waals surface area contributed by atoms with E-state index in [9.17, 15) is 13.6 Å². The highest BCUT2D eigenvalue weighted by atomic mass is 32.2. The molecule has 1 amide bonds. The number of amides is 1. The van der Waals surface area contributed by atoms with E-state index in [0.29, 0.717) is 22.5 Å². The molecule has 0 saturated carbocycles. The summed E-state index contributed by atoms with van der Waals surface area (Å²) in [5.74, 6) is -0.550. The first kappa shape index (κ1) is 21.9. The Balaban J connectivity index is 1.44. The van der Waals surface area contributed by atoms with Crippen molar-refractivity contribution in [1.82, 2.24) is 14.8 Å². The predicted molar refractivity (Wildman–Crippen MR) is 123 cm³/mol. The van der Waals surface area contributed by atoms with Gasteiger partial charge in [-0.2, -0.15) is 0 Å². The molecule has 1 aliphatic heterocycles. The van der Waals surface area contributed by atoms with E-state index in [1.54, 1.807) is 6.92 Å². The molecular formula is C24H18F2N4O3S. The Bertz CT molecular complexity index is 1360. The number of anilines is 1. The Kier molecular flexibility index (Phi) is 5.89. The Morgan fingerprint density at radius 1 is 1.00 bits per heavy atom. The first-order valence-electron chi connectivity index (χ1n) is 10.3. The van der Waals surface area contributed by atoms with Crippen molar-refractivity contribution < 1.29 is 23.0 Å². The van der Waals surface area contributed by atoms with Crippen molar-refractivity contribution in [3.05, 3.63) is 78.4 Å². The second-order valence-electron chi connectivity index (χ2n) is 7.42. The molecule has 1 unspecified atom stereocenters. The number of thioether (sulfide) groups is 1. The Morgan fingerprint density at radius 2 is 1.79 bits per heavy atom. The summed E-state index contributed by atoms with van der Waals surface area (Å²) in [6.07, 6.45) is 0. The van der Waals surface area contributed by atoms with Crippen molar-refractivity contribution in [1.29, 1.82) is 0 Å². The lowest BCUT2D eigenvalue weighted by Crippen LogP contribution is -2.23. The molecular weight excluding hydrogens is 462 g/mol. The molecule has 0 radical (unpaired) electrons. The number of carbonyl (C=O) groups excluding carboxylic acids is 1. The SMILES string of the molecule is CC(Sc1nnc(-c2ccc3c(c2)OCO3)n1-c1ccccc1)C(=O)Nc1ccc(F)c(F)c1. The van der Waals surface area contributed by atoms with Crippen molar-refractivity contribution in [2.45, 2.75) is 17.3 Å². The Labute approximate surface area is 197 Å². The van der Waals surface area contributed by atoms with Crippen LogP contribution in [0.1, 0.15) is 6.92 Å². The lowest BCUT2D eigenvalue weighted by atomic mass is 10.2. The number of para-hydroxylation sites is 1. The molecule has 2 heterocycles. The van der Waals surface area contributed by atoms with Crippen LogP contribution in [0.3, 0.4) is 0 Å². The highest BCUT2D eigenvalue weighted by molar-refractivity contribution is 8.00. The number of hydrogen-bond donors (Lipinski definition) is 1. The fourth-order valence-electron chi connectivity index (χ4n) is 3.41. The van der Waals surface area contributed by atoms with Crippen LogP contribution < -0.4 is 14.8 Å². The standard InChI is InChI=1S/C24H18F2N4O3S/c1-14(23(31)27-16-8-9-18(25)19(26)12-16)34-24-29-28-22(30(24)17-5-3-2-4-6-17)15-7-10-20-21(11-15)33-13-32-20/h2-12,14H,13H2,1H3,(H,27,31). The van der Waals surface area contributed by atoms with Gasteiger partial charge >= 0.3 is 0 Å². The van der Waals surface area contributed by atoms with Gasteiger partial charge in [0, 0.05) is 23.0 Å². The van der Waals surface area contributed by atoms with Crippen molar-refractivity contribution in [3.63, 3.8) is 0 Å². The minimum atomic E-state index is -1.03. The fourth-order valence-corrected chi connectivity index (χ4v) is 4.28. The number of benzene rings is 3. The van der Waals surface area contributed by atoms with E-state index in [-0.39, 0.29) is 18.4 Å². The molecule has 3 aromatic carbocycles. The van der Waals surface area contributed by atoms with Gasteiger partial charge in [0.05, 0.1) is 5.25 Å². The second kappa shape index (κ2) is 9.14. The molecule has 0 saturated heterocycles. The van der Waals surface area contributed by atoms with Gasteiger partial charge < -0.3 is 14.8 Å². The van der Waals surface area contributed by atoms with Gasteiger partial charge in [0.15, 0.2) is 34.1 Å². The number of hydrogen-bond acceptors (Lipinski definition) is 6. The van der Waals surface area contributed by atoms with E-state index in [4.69, 9.17) is 9.47 Å². The minimum absolute atomic E-state index is 0.163. The summed E-state index contributed by atoms with van der Waals surface area (Å²) >= 11 is 1.19. The highest BCUT2D eigenvalue weighted by Gasteiger charge is 2.23. The average molecular weight is 480 g/mol. The summed E-state index contributed by atoms with van der Waals surface area (Å²) in [5, 5.41) is 11.2. The molecule has 5 rings (SSSR count). The molecule has 1 aromatic heterocycles. The van der Waals surface area contributed by atoms with Crippen LogP contribution in [0.5, 0.6) is 11.5 Å². The summed E-state index contributed by atoms with van der Waals surface area (Å²) in [7, 11) is 0. The van der Waals surface area contributed by atoms with Crippen LogP contribution in [0.25, 0.3) is 17.1 Å². The number of fused-ring (bicyclic) bond motifs is 1. The molecule has 0 fully saturated rings. The van der Waals surface area contributed by atoms with Crippen LogP contribution in [0.4, 0.5) is 14.5 Å². The van der Waals surface area contributed by atoms with Gasteiger partial charge in [0.1, 0.15) is 0 Å². The van der Waals surface area contributed by atoms with Crippen LogP contribution in [0.2, 0.25) is 0 Å². The van der Waals surface area contributed by atoms with E-state index < -0.39 is 16.9 Å². The third-order valence-electron chi connectivity index (χ3n) is 5.12. The molecule has 7 nitrogen and oxygen atoms in total. The lowest BCUT2D eigenvalue weighted by Gasteiger charge is -2.14. The number of nitrogens with one attached hydrogen (secondary N) is 1. The van der Waals surface area contributed by atoms with Crippen LogP contribution in [-0.2, 0) is 4.79 Å². The van der Waals surface area contributed by atoms with Gasteiger partial charge in [-0.05, 0) is 49.4 Å². The topological polar surface area (TPSA) is 78.3 Å². The summed E-state index contributed by atoms with van der Waals surface area (Å²) in [6.45, 7) is 1.86. The van der Waals surface area contributed by atoms with Crippen molar-refractivity contribution in [2.24, 2.45) is 0 Å². The maximum atomic E-state index is 13.5. The fraction of sp³-hybridized carbons (Fsp3) is 0.125. The minimum Gasteiger partial charge on any atom is -0.454 e. The maximum Gasteiger partial charge on any atom is 0.237 e. The van der Waals surface area contributed by atoms with Crippen LogP contribution in [0, 0.1) is 11.6 Å². The maximum absolute atomic E-state index is 13.5. The number of halogens is 2. The zero-order valence-electron chi connectivity index (χ0n) is 17.9. The summed E-state index contributed by atoms with van der Waals surface area (Å²) < 4.78 is 39.4. The van der Waals surface area contributed by atoms with Gasteiger partial charge in [0.2, 0.25) is 12.7 Å². The monoisotopic (exact) mass is 480 g/mol. The zero-order valence-corrected chi connectivity index (χ0v) is 18.7. The van der Waals surface area contributed by atoms with E-state index in [1.807, 2.05) is 53.1 Å². The quantitative estimate of drug-likeness (QED) is 0.389. The first-order valence-corrected chi connectivity index (χ1v) is 11.2. The van der Waals surface area contributed by atoms with E-state index in [0.717, 1.165) is 23.4 Å². The van der Waals surface area contributed by atoms with Gasteiger partial charge in [-0.15, -0.1) is 10.2 Å². The normalized spacial score (nSPS) is 13.0. The van der Waals surface area contributed by atoms with E-state index in [1.165, 1.54) is 17.8 Å². The highest BCUT2D eigenvalue weighted by Crippen LogP contribution is 2.37. The third kappa shape index (κ3) is 4.32. The van der Waals surface area contributed by atoms with Gasteiger partial charge in [-0.25, -0.2) is 8.78 Å². The summed E-state index contributed by atoms with van der Waals surface area (Å²) in [6, 6.07) is 18.2. The average Bonchev–Trinajstić information content (AvgIpc) is 3.48. The molecule has 1 atom stereocenters. The summed E-state index contributed by atoms with van der Waals surface area (Å²) in [4.78, 5) is 12.7. The van der Waals surface area contributed by atoms with Crippen LogP contribution in [-0.4, -0.2) is 32.7 Å². The van der Waals surface area contributed by atoms with Crippen LogP contribution >= 0.6 is 11.8 Å². The molecule has 1 aliphatic rings. The Hall–Kier alpha value is -3.92. The predicted octanol–water partition coefficient (Wildman–Crippen LogP) is 5.06. The van der Waals surface area contributed by atoms with Gasteiger partial charge in [-0.1, -0.05) is 30.0 Å². The second-order valence-corrected chi connectivity index (χ2v) is 8.73. The van der Waals surface area contributed by atoms with Crippen molar-refractivity contribution in [2.75, 3.05) is 12.1 Å². The molecule has 34 heavy (non-hydrogen) atoms.